The normalized spacial score (nSPS) is 11.2. The number of fused-ring (bicyclic) bond motifs is 1. The summed E-state index contributed by atoms with van der Waals surface area (Å²) in [6.07, 6.45) is 6.70. The number of nitrogens with one attached hydrogen (secondary N) is 2. The summed E-state index contributed by atoms with van der Waals surface area (Å²) >= 11 is 0. The molecule has 2 aromatic heterocycles. The number of aromatic nitrogens is 4. The maximum Gasteiger partial charge on any atom is 0.295 e. The SMILES string of the molecule is C#CC(=O)NCc1cn(Cc2cc(C)c3c(NS(=O)(=O)c4ccccc4OC)noc3c2)nn1. The van der Waals surface area contributed by atoms with Gasteiger partial charge in [-0.2, -0.15) is 0 Å². The van der Waals surface area contributed by atoms with Crippen molar-refractivity contribution in [2.45, 2.75) is 24.9 Å². The van der Waals surface area contributed by atoms with E-state index in [2.05, 4.69) is 25.5 Å². The van der Waals surface area contributed by atoms with Crippen LogP contribution in [0.5, 0.6) is 5.75 Å². The van der Waals surface area contributed by atoms with Gasteiger partial charge in [0.1, 0.15) is 16.3 Å². The van der Waals surface area contributed by atoms with Gasteiger partial charge in [-0.05, 0) is 42.2 Å². The van der Waals surface area contributed by atoms with Crippen LogP contribution in [0.25, 0.3) is 11.0 Å². The van der Waals surface area contributed by atoms with Crippen LogP contribution in [0.15, 0.2) is 52.0 Å². The van der Waals surface area contributed by atoms with Crippen molar-refractivity contribution < 1.29 is 22.5 Å². The summed E-state index contributed by atoms with van der Waals surface area (Å²) in [5, 5.41) is 15.0. The number of ether oxygens (including phenoxy) is 1. The van der Waals surface area contributed by atoms with Crippen LogP contribution in [-0.4, -0.2) is 41.6 Å². The molecule has 34 heavy (non-hydrogen) atoms. The number of rotatable bonds is 8. The Morgan fingerprint density at radius 1 is 1.29 bits per heavy atom. The van der Waals surface area contributed by atoms with E-state index in [-0.39, 0.29) is 23.0 Å². The topological polar surface area (TPSA) is 141 Å². The Labute approximate surface area is 195 Å². The van der Waals surface area contributed by atoms with E-state index in [1.54, 1.807) is 35.1 Å². The van der Waals surface area contributed by atoms with Gasteiger partial charge in [0.25, 0.3) is 15.9 Å². The lowest BCUT2D eigenvalue weighted by atomic mass is 10.1. The number of amides is 1. The van der Waals surface area contributed by atoms with Gasteiger partial charge in [-0.1, -0.05) is 28.6 Å². The molecule has 2 aromatic carbocycles. The van der Waals surface area contributed by atoms with Crippen molar-refractivity contribution in [3.05, 3.63) is 59.4 Å². The molecule has 0 spiro atoms. The molecule has 2 heterocycles. The number of aryl methyl sites for hydroxylation is 1. The lowest BCUT2D eigenvalue weighted by Gasteiger charge is -2.10. The molecule has 0 bridgehead atoms. The summed E-state index contributed by atoms with van der Waals surface area (Å²) in [4.78, 5) is 11.2. The molecule has 0 radical (unpaired) electrons. The predicted octanol–water partition coefficient (Wildman–Crippen LogP) is 1.83. The van der Waals surface area contributed by atoms with E-state index in [1.165, 1.54) is 13.2 Å². The van der Waals surface area contributed by atoms with Crippen LogP contribution in [0.4, 0.5) is 5.82 Å². The van der Waals surface area contributed by atoms with Gasteiger partial charge in [0.2, 0.25) is 0 Å². The predicted molar refractivity (Wildman–Crippen MR) is 122 cm³/mol. The fraction of sp³-hybridized carbons (Fsp3) is 0.182. The quantitative estimate of drug-likeness (QED) is 0.364. The zero-order chi connectivity index (χ0) is 24.3. The second kappa shape index (κ2) is 9.24. The number of para-hydroxylation sites is 1. The lowest BCUT2D eigenvalue weighted by molar-refractivity contribution is -0.115. The van der Waals surface area contributed by atoms with E-state index < -0.39 is 15.9 Å². The number of methoxy groups -OCH3 is 1. The highest BCUT2D eigenvalue weighted by Gasteiger charge is 2.23. The Balaban J connectivity index is 1.56. The zero-order valence-corrected chi connectivity index (χ0v) is 19.1. The molecule has 0 fully saturated rings. The highest BCUT2D eigenvalue weighted by Crippen LogP contribution is 2.31. The van der Waals surface area contributed by atoms with Gasteiger partial charge in [0.05, 0.1) is 31.8 Å². The van der Waals surface area contributed by atoms with E-state index in [0.717, 1.165) is 11.1 Å². The molecule has 0 saturated carbocycles. The molecule has 0 saturated heterocycles. The van der Waals surface area contributed by atoms with Crippen LogP contribution in [-0.2, 0) is 27.9 Å². The van der Waals surface area contributed by atoms with Crippen LogP contribution in [0.3, 0.4) is 0 Å². The van der Waals surface area contributed by atoms with Gasteiger partial charge in [-0.15, -0.1) is 11.5 Å². The maximum atomic E-state index is 12.9. The molecule has 0 unspecified atom stereocenters. The number of terminal acetylenes is 1. The van der Waals surface area contributed by atoms with E-state index in [0.29, 0.717) is 23.2 Å². The minimum atomic E-state index is -3.97. The first-order valence-corrected chi connectivity index (χ1v) is 11.5. The number of sulfonamides is 1. The first-order chi connectivity index (χ1) is 16.3. The van der Waals surface area contributed by atoms with Gasteiger partial charge in [0.15, 0.2) is 11.4 Å². The minimum Gasteiger partial charge on any atom is -0.495 e. The molecular weight excluding hydrogens is 460 g/mol. The first kappa shape index (κ1) is 22.8. The average Bonchev–Trinajstić information content (AvgIpc) is 3.44. The van der Waals surface area contributed by atoms with Crippen molar-refractivity contribution >= 4 is 32.7 Å². The van der Waals surface area contributed by atoms with Crippen LogP contribution >= 0.6 is 0 Å². The second-order valence-corrected chi connectivity index (χ2v) is 8.96. The Morgan fingerprint density at radius 3 is 2.85 bits per heavy atom. The third-order valence-corrected chi connectivity index (χ3v) is 6.29. The Kier molecular flexibility index (Phi) is 6.20. The molecule has 0 atom stereocenters. The summed E-state index contributed by atoms with van der Waals surface area (Å²) in [6, 6.07) is 9.92. The van der Waals surface area contributed by atoms with Crippen molar-refractivity contribution in [1.82, 2.24) is 25.5 Å². The average molecular weight is 481 g/mol. The van der Waals surface area contributed by atoms with E-state index in [1.807, 2.05) is 18.9 Å². The molecular formula is C22H20N6O5S. The minimum absolute atomic E-state index is 0.0108. The third-order valence-electron chi connectivity index (χ3n) is 4.91. The highest BCUT2D eigenvalue weighted by atomic mass is 32.2. The molecule has 1 amide bonds. The lowest BCUT2D eigenvalue weighted by Crippen LogP contribution is -2.20. The molecule has 2 N–H and O–H groups in total. The summed E-state index contributed by atoms with van der Waals surface area (Å²) < 4.78 is 40.5. The van der Waals surface area contributed by atoms with Crippen molar-refractivity contribution in [2.24, 2.45) is 0 Å². The molecule has 4 rings (SSSR count). The number of anilines is 1. The molecule has 174 valence electrons. The van der Waals surface area contributed by atoms with Gasteiger partial charge >= 0.3 is 0 Å². The van der Waals surface area contributed by atoms with E-state index in [9.17, 15) is 13.2 Å². The fourth-order valence-corrected chi connectivity index (χ4v) is 4.61. The highest BCUT2D eigenvalue weighted by molar-refractivity contribution is 7.92. The summed E-state index contributed by atoms with van der Waals surface area (Å²) in [5.74, 6) is 1.73. The summed E-state index contributed by atoms with van der Waals surface area (Å²) in [5.41, 5.74) is 2.56. The Hall–Kier alpha value is -4.37. The summed E-state index contributed by atoms with van der Waals surface area (Å²) in [7, 11) is -2.57. The summed E-state index contributed by atoms with van der Waals surface area (Å²) in [6.45, 7) is 2.36. The van der Waals surface area contributed by atoms with Crippen LogP contribution in [0.2, 0.25) is 0 Å². The van der Waals surface area contributed by atoms with Crippen molar-refractivity contribution in [3.63, 3.8) is 0 Å². The fourth-order valence-electron chi connectivity index (χ4n) is 3.43. The number of carbonyl (C=O) groups is 1. The molecule has 0 aliphatic carbocycles. The Bertz CT molecular complexity index is 1520. The molecule has 0 aliphatic rings. The van der Waals surface area contributed by atoms with Crippen molar-refractivity contribution in [1.29, 1.82) is 0 Å². The molecule has 12 heteroatoms. The monoisotopic (exact) mass is 480 g/mol. The molecule has 4 aromatic rings. The largest absolute Gasteiger partial charge is 0.495 e. The maximum absolute atomic E-state index is 12.9. The van der Waals surface area contributed by atoms with Crippen molar-refractivity contribution in [2.75, 3.05) is 11.8 Å². The Morgan fingerprint density at radius 2 is 2.09 bits per heavy atom. The number of benzene rings is 2. The molecule has 11 nitrogen and oxygen atoms in total. The standard InChI is InChI=1S/C22H20N6O5S/c1-4-20(29)23-11-16-13-28(27-24-16)12-15-9-14(2)21-18(10-15)33-25-22(21)26-34(30,31)19-8-6-5-7-17(19)32-3/h1,5-10,13H,11-12H2,2-3H3,(H,23,29)(H,25,26). The van der Waals surface area contributed by atoms with Gasteiger partial charge < -0.3 is 14.6 Å². The van der Waals surface area contributed by atoms with E-state index >= 15 is 0 Å². The number of hydrogen-bond acceptors (Lipinski definition) is 8. The van der Waals surface area contributed by atoms with Gasteiger partial charge in [0, 0.05) is 0 Å². The van der Waals surface area contributed by atoms with Gasteiger partial charge in [-0.3, -0.25) is 9.52 Å². The van der Waals surface area contributed by atoms with Gasteiger partial charge in [-0.25, -0.2) is 13.1 Å². The van der Waals surface area contributed by atoms with E-state index in [4.69, 9.17) is 15.7 Å². The molecule has 0 aliphatic heterocycles. The van der Waals surface area contributed by atoms with Crippen LogP contribution in [0, 0.1) is 19.3 Å². The zero-order valence-electron chi connectivity index (χ0n) is 18.3. The van der Waals surface area contributed by atoms with Crippen molar-refractivity contribution in [3.8, 4) is 18.1 Å². The smallest absolute Gasteiger partial charge is 0.295 e. The first-order valence-electron chi connectivity index (χ1n) is 9.99. The number of carbonyl (C=O) groups excluding carboxylic acids is 1. The van der Waals surface area contributed by atoms with Crippen LogP contribution < -0.4 is 14.8 Å². The van der Waals surface area contributed by atoms with Crippen LogP contribution in [0.1, 0.15) is 16.8 Å². The second-order valence-electron chi connectivity index (χ2n) is 7.31. The third kappa shape index (κ3) is 4.69. The number of hydrogen-bond donors (Lipinski definition) is 2. The number of nitrogens with zero attached hydrogens (tertiary/aromatic N) is 4.